The Morgan fingerprint density at radius 3 is 2.81 bits per heavy atom. The highest BCUT2D eigenvalue weighted by Crippen LogP contribution is 2.18. The Hall–Kier alpha value is -3.04. The largest absolute Gasteiger partial charge is 0.479 e. The molecule has 4 N–H and O–H groups in total. The number of nitrogens with zero attached hydrogens (tertiary/aromatic N) is 3. The van der Waals surface area contributed by atoms with Gasteiger partial charge in [0.2, 0.25) is 5.65 Å². The Morgan fingerprint density at radius 1 is 1.31 bits per heavy atom. The number of nitrogens with one attached hydrogen (secondary N) is 2. The van der Waals surface area contributed by atoms with Gasteiger partial charge in [-0.3, -0.25) is 9.89 Å². The quantitative estimate of drug-likeness (QED) is 0.499. The number of aliphatic carboxylic acids is 1. The molecule has 0 saturated carbocycles. The van der Waals surface area contributed by atoms with Crippen LogP contribution < -0.4 is 5.32 Å². The van der Waals surface area contributed by atoms with Crippen molar-refractivity contribution in [3.05, 3.63) is 52.7 Å². The molecule has 134 valence electrons. The summed E-state index contributed by atoms with van der Waals surface area (Å²) in [6, 6.07) is 7.20. The van der Waals surface area contributed by atoms with E-state index in [0.717, 1.165) is 0 Å². The second-order valence-corrected chi connectivity index (χ2v) is 5.97. The van der Waals surface area contributed by atoms with E-state index in [9.17, 15) is 14.7 Å². The lowest BCUT2D eigenvalue weighted by atomic mass is 10.0. The number of pyridine rings is 1. The number of fused-ring (bicyclic) bond motifs is 1. The van der Waals surface area contributed by atoms with E-state index in [4.69, 9.17) is 16.7 Å². The van der Waals surface area contributed by atoms with Crippen LogP contribution in [0, 0.1) is 0 Å². The van der Waals surface area contributed by atoms with Gasteiger partial charge in [0.15, 0.2) is 6.10 Å². The van der Waals surface area contributed by atoms with E-state index in [2.05, 4.69) is 25.7 Å². The number of carboxylic acid groups (broad SMARTS) is 1. The van der Waals surface area contributed by atoms with Gasteiger partial charge in [-0.1, -0.05) is 35.0 Å². The zero-order valence-corrected chi connectivity index (χ0v) is 14.0. The third kappa shape index (κ3) is 3.79. The van der Waals surface area contributed by atoms with Crippen molar-refractivity contribution >= 4 is 34.6 Å². The molecule has 0 aliphatic heterocycles. The molecule has 0 bridgehead atoms. The van der Waals surface area contributed by atoms with Crippen LogP contribution in [0.4, 0.5) is 0 Å². The summed E-state index contributed by atoms with van der Waals surface area (Å²) in [6.07, 6.45) is -0.471. The molecule has 2 unspecified atom stereocenters. The molecule has 3 aromatic rings. The molecule has 2 aromatic heterocycles. The van der Waals surface area contributed by atoms with Crippen LogP contribution in [0.25, 0.3) is 11.2 Å². The minimum atomic E-state index is -1.80. The molecule has 2 heterocycles. The summed E-state index contributed by atoms with van der Waals surface area (Å²) in [7, 11) is 0. The predicted octanol–water partition coefficient (Wildman–Crippen LogP) is 0.793. The molecule has 0 radical (unpaired) electrons. The van der Waals surface area contributed by atoms with E-state index in [0.29, 0.717) is 21.7 Å². The van der Waals surface area contributed by atoms with Gasteiger partial charge < -0.3 is 15.5 Å². The SMILES string of the molecule is O=C(NC(Cc1ccccc1Cl)C(O)C(=O)O)c1cnc2nn[nH]c2c1. The third-order valence-electron chi connectivity index (χ3n) is 3.79. The Morgan fingerprint density at radius 2 is 2.08 bits per heavy atom. The minimum Gasteiger partial charge on any atom is -0.479 e. The normalized spacial score (nSPS) is 13.3. The number of benzene rings is 1. The summed E-state index contributed by atoms with van der Waals surface area (Å²) in [4.78, 5) is 27.7. The number of carbonyl (C=O) groups is 2. The number of aromatic amines is 1. The van der Waals surface area contributed by atoms with Gasteiger partial charge in [-0.2, -0.15) is 0 Å². The first-order chi connectivity index (χ1) is 12.5. The van der Waals surface area contributed by atoms with Crippen molar-refractivity contribution in [2.75, 3.05) is 0 Å². The molecule has 0 fully saturated rings. The van der Waals surface area contributed by atoms with E-state index in [-0.39, 0.29) is 12.0 Å². The molecular weight excluding hydrogens is 362 g/mol. The van der Waals surface area contributed by atoms with Gasteiger partial charge in [-0.15, -0.1) is 5.10 Å². The summed E-state index contributed by atoms with van der Waals surface area (Å²) in [5, 5.41) is 31.9. The summed E-state index contributed by atoms with van der Waals surface area (Å²) in [5.41, 5.74) is 1.58. The topological polar surface area (TPSA) is 141 Å². The number of hydrogen-bond acceptors (Lipinski definition) is 6. The van der Waals surface area contributed by atoms with Gasteiger partial charge in [0.05, 0.1) is 11.6 Å². The van der Waals surface area contributed by atoms with Crippen LogP contribution in [-0.4, -0.2) is 54.6 Å². The number of hydrogen-bond donors (Lipinski definition) is 4. The number of aromatic nitrogens is 4. The van der Waals surface area contributed by atoms with Crippen LogP contribution in [0.1, 0.15) is 15.9 Å². The fourth-order valence-electron chi connectivity index (χ4n) is 2.44. The van der Waals surface area contributed by atoms with Crippen molar-refractivity contribution in [3.8, 4) is 0 Å². The van der Waals surface area contributed by atoms with Crippen LogP contribution in [0.2, 0.25) is 5.02 Å². The van der Waals surface area contributed by atoms with Gasteiger partial charge in [-0.05, 0) is 24.1 Å². The smallest absolute Gasteiger partial charge is 0.334 e. The van der Waals surface area contributed by atoms with Gasteiger partial charge in [-0.25, -0.2) is 9.78 Å². The standard InChI is InChI=1S/C16H14ClN5O4/c17-10-4-2-1-3-8(10)5-11(13(23)16(25)26)19-15(24)9-6-12-14(18-7-9)21-22-20-12/h1-4,6-7,11,13,23H,5H2,(H,19,24)(H,25,26)(H,18,20,21,22). The fourth-order valence-corrected chi connectivity index (χ4v) is 2.65. The first kappa shape index (κ1) is 17.8. The fraction of sp³-hybridized carbons (Fsp3) is 0.188. The summed E-state index contributed by atoms with van der Waals surface area (Å²) < 4.78 is 0. The number of carbonyl (C=O) groups excluding carboxylic acids is 1. The van der Waals surface area contributed by atoms with Crippen LogP contribution in [-0.2, 0) is 11.2 Å². The van der Waals surface area contributed by atoms with Crippen LogP contribution in [0.15, 0.2) is 36.5 Å². The highest BCUT2D eigenvalue weighted by Gasteiger charge is 2.28. The van der Waals surface area contributed by atoms with E-state index >= 15 is 0 Å². The Kier molecular flexibility index (Phi) is 5.10. The Balaban J connectivity index is 1.83. The molecule has 2 atom stereocenters. The lowest BCUT2D eigenvalue weighted by molar-refractivity contribution is -0.148. The van der Waals surface area contributed by atoms with Crippen molar-refractivity contribution in [2.45, 2.75) is 18.6 Å². The van der Waals surface area contributed by atoms with Crippen molar-refractivity contribution in [1.29, 1.82) is 0 Å². The maximum atomic E-state index is 12.5. The third-order valence-corrected chi connectivity index (χ3v) is 4.16. The Bertz CT molecular complexity index is 960. The van der Waals surface area contributed by atoms with Crippen molar-refractivity contribution < 1.29 is 19.8 Å². The van der Waals surface area contributed by atoms with Gasteiger partial charge >= 0.3 is 5.97 Å². The summed E-state index contributed by atoms with van der Waals surface area (Å²) in [5.74, 6) is -2.04. The van der Waals surface area contributed by atoms with E-state index in [1.807, 2.05) is 0 Å². The molecule has 3 rings (SSSR count). The number of carboxylic acids is 1. The molecule has 1 aromatic carbocycles. The molecule has 10 heteroatoms. The van der Waals surface area contributed by atoms with Crippen molar-refractivity contribution in [2.24, 2.45) is 0 Å². The molecule has 0 spiro atoms. The van der Waals surface area contributed by atoms with Gasteiger partial charge in [0, 0.05) is 11.2 Å². The number of aliphatic hydroxyl groups excluding tert-OH is 1. The second-order valence-electron chi connectivity index (χ2n) is 5.57. The van der Waals surface area contributed by atoms with Gasteiger partial charge in [0.25, 0.3) is 5.91 Å². The maximum Gasteiger partial charge on any atom is 0.334 e. The molecule has 0 saturated heterocycles. The number of rotatable bonds is 6. The lowest BCUT2D eigenvalue weighted by Gasteiger charge is -2.22. The first-order valence-corrected chi connectivity index (χ1v) is 7.95. The predicted molar refractivity (Wildman–Crippen MR) is 91.7 cm³/mol. The Labute approximate surface area is 152 Å². The second kappa shape index (κ2) is 7.46. The number of aliphatic hydroxyl groups is 1. The van der Waals surface area contributed by atoms with E-state index < -0.39 is 24.0 Å². The average Bonchev–Trinajstić information content (AvgIpc) is 3.09. The van der Waals surface area contributed by atoms with Crippen molar-refractivity contribution in [3.63, 3.8) is 0 Å². The maximum absolute atomic E-state index is 12.5. The number of amides is 1. The van der Waals surface area contributed by atoms with E-state index in [1.165, 1.54) is 12.3 Å². The molecule has 0 aliphatic rings. The number of halogens is 1. The molecular formula is C16H14ClN5O4. The molecule has 0 aliphatic carbocycles. The zero-order chi connectivity index (χ0) is 18.7. The minimum absolute atomic E-state index is 0.0418. The number of H-pyrrole nitrogens is 1. The zero-order valence-electron chi connectivity index (χ0n) is 13.3. The van der Waals surface area contributed by atoms with Crippen LogP contribution in [0.3, 0.4) is 0 Å². The summed E-state index contributed by atoms with van der Waals surface area (Å²) in [6.45, 7) is 0. The highest BCUT2D eigenvalue weighted by atomic mass is 35.5. The molecule has 26 heavy (non-hydrogen) atoms. The average molecular weight is 376 g/mol. The van der Waals surface area contributed by atoms with Crippen LogP contribution in [0.5, 0.6) is 0 Å². The van der Waals surface area contributed by atoms with Crippen molar-refractivity contribution in [1.82, 2.24) is 25.7 Å². The van der Waals surface area contributed by atoms with Gasteiger partial charge in [0.1, 0.15) is 5.52 Å². The summed E-state index contributed by atoms with van der Waals surface area (Å²) >= 11 is 6.09. The monoisotopic (exact) mass is 375 g/mol. The van der Waals surface area contributed by atoms with E-state index in [1.54, 1.807) is 24.3 Å². The van der Waals surface area contributed by atoms with Crippen LogP contribution >= 0.6 is 11.6 Å². The first-order valence-electron chi connectivity index (χ1n) is 7.57. The highest BCUT2D eigenvalue weighted by molar-refractivity contribution is 6.31. The lowest BCUT2D eigenvalue weighted by Crippen LogP contribution is -2.48. The molecule has 1 amide bonds. The molecule has 9 nitrogen and oxygen atoms in total.